The lowest BCUT2D eigenvalue weighted by Crippen LogP contribution is -2.37. The first-order valence-corrected chi connectivity index (χ1v) is 27.2. The Hall–Kier alpha value is -3.51. The van der Waals surface area contributed by atoms with Crippen LogP contribution in [0.1, 0.15) is 232 Å². The molecule has 388 valence electrons. The number of esters is 6. The molecule has 0 atom stereocenters. The van der Waals surface area contributed by atoms with Crippen LogP contribution < -0.4 is 0 Å². The molecule has 4 saturated carbocycles. The first-order chi connectivity index (χ1) is 32.8. The first kappa shape index (κ1) is 57.1. The van der Waals surface area contributed by atoms with Crippen molar-refractivity contribution in [1.82, 2.24) is 0 Å². The van der Waals surface area contributed by atoms with Crippen LogP contribution >= 0.6 is 0 Å². The van der Waals surface area contributed by atoms with Gasteiger partial charge in [-0.3, -0.25) is 33.6 Å². The molecule has 0 aromatic carbocycles. The Morgan fingerprint density at radius 2 is 0.515 bits per heavy atom. The second-order valence-electron chi connectivity index (χ2n) is 22.0. The van der Waals surface area contributed by atoms with E-state index >= 15 is 0 Å². The minimum absolute atomic E-state index is 0.00110. The minimum atomic E-state index is -0.935. The van der Waals surface area contributed by atoms with Gasteiger partial charge in [0.25, 0.3) is 0 Å². The number of hydrogen-bond donors (Lipinski definition) is 0. The smallest absolute Gasteiger partial charge is 0.305 e. The third-order valence-corrected chi connectivity index (χ3v) is 15.1. The van der Waals surface area contributed by atoms with Crippen molar-refractivity contribution in [2.45, 2.75) is 232 Å². The van der Waals surface area contributed by atoms with Crippen LogP contribution in [0.15, 0.2) is 0 Å². The van der Waals surface area contributed by atoms with Crippen molar-refractivity contribution >= 4 is 41.6 Å². The van der Waals surface area contributed by atoms with Crippen molar-refractivity contribution in [3.05, 3.63) is 0 Å². The van der Waals surface area contributed by atoms with Crippen molar-refractivity contribution < 1.29 is 62.0 Å². The molecule has 0 bridgehead atoms. The zero-order chi connectivity index (χ0) is 48.9. The van der Waals surface area contributed by atoms with E-state index in [0.717, 1.165) is 77.0 Å². The fraction of sp³-hybridized carbons (Fsp3) is 0.873. The molecule has 4 aliphatic rings. The fourth-order valence-electron chi connectivity index (χ4n) is 10.4. The Morgan fingerprint density at radius 1 is 0.309 bits per heavy atom. The Bertz CT molecular complexity index is 1330. The summed E-state index contributed by atoms with van der Waals surface area (Å²) in [7, 11) is 0. The van der Waals surface area contributed by atoms with Gasteiger partial charge in [0.05, 0.1) is 10.8 Å². The van der Waals surface area contributed by atoms with Crippen LogP contribution in [0.2, 0.25) is 0 Å². The summed E-state index contributed by atoms with van der Waals surface area (Å²) in [5, 5.41) is 0. The van der Waals surface area contributed by atoms with Gasteiger partial charge in [-0.1, -0.05) is 128 Å². The number of carbonyl (C=O) groups is 7. The summed E-state index contributed by atoms with van der Waals surface area (Å²) < 4.78 is 33.9. The monoisotopic (exact) mass is 959 g/mol. The van der Waals surface area contributed by atoms with Crippen LogP contribution in [0.3, 0.4) is 0 Å². The molecule has 0 aromatic heterocycles. The molecule has 0 N–H and O–H groups in total. The highest BCUT2D eigenvalue weighted by atomic mass is 16.6. The van der Waals surface area contributed by atoms with Gasteiger partial charge in [-0.15, -0.1) is 0 Å². The lowest BCUT2D eigenvalue weighted by atomic mass is 9.86. The summed E-state index contributed by atoms with van der Waals surface area (Å²) in [6.45, 7) is 3.11. The Morgan fingerprint density at radius 3 is 0.735 bits per heavy atom. The van der Waals surface area contributed by atoms with Crippen LogP contribution in [0.5, 0.6) is 0 Å². The number of hydrogen-bond acceptors (Lipinski definition) is 13. The van der Waals surface area contributed by atoms with E-state index in [9.17, 15) is 33.6 Å². The number of carbonyl (C=O) groups excluding carboxylic acids is 7. The Balaban J connectivity index is 1.15. The van der Waals surface area contributed by atoms with E-state index in [2.05, 4.69) is 0 Å². The maximum atomic E-state index is 12.9. The SMILES string of the molecule is CC(COC(=O)CCCC(=O)CCCC(=O)OCC(C)(COC(=O)CCC1CCCCC1)COC(=O)CCC1CCCCC1)(COC(=O)CCC1CCCCC1)COC(=O)CCC1CCCCC1. The molecule has 0 unspecified atom stereocenters. The number of rotatable bonds is 32. The van der Waals surface area contributed by atoms with E-state index in [-0.39, 0.29) is 108 Å². The van der Waals surface area contributed by atoms with Gasteiger partial charge in [-0.05, 0) is 76.0 Å². The summed E-state index contributed by atoms with van der Waals surface area (Å²) in [5.74, 6) is -0.176. The third kappa shape index (κ3) is 25.4. The van der Waals surface area contributed by atoms with E-state index in [4.69, 9.17) is 28.4 Å². The number of ether oxygens (including phenoxy) is 6. The predicted molar refractivity (Wildman–Crippen MR) is 258 cm³/mol. The van der Waals surface area contributed by atoms with Gasteiger partial charge in [0.1, 0.15) is 45.4 Å². The van der Waals surface area contributed by atoms with Crippen LogP contribution in [0.4, 0.5) is 0 Å². The van der Waals surface area contributed by atoms with Gasteiger partial charge in [0, 0.05) is 51.4 Å². The van der Waals surface area contributed by atoms with Crippen LogP contribution in [-0.2, 0) is 62.0 Å². The lowest BCUT2D eigenvalue weighted by molar-refractivity contribution is -0.163. The van der Waals surface area contributed by atoms with Crippen LogP contribution in [-0.4, -0.2) is 81.2 Å². The van der Waals surface area contributed by atoms with Gasteiger partial charge in [-0.25, -0.2) is 0 Å². The first-order valence-electron chi connectivity index (χ1n) is 27.2. The van der Waals surface area contributed by atoms with Gasteiger partial charge in [0.2, 0.25) is 0 Å². The number of Topliss-reactive ketones (excluding diaryl/α,β-unsaturated/α-hetero) is 1. The summed E-state index contributed by atoms with van der Waals surface area (Å²) in [4.78, 5) is 89.5. The third-order valence-electron chi connectivity index (χ3n) is 15.1. The van der Waals surface area contributed by atoms with E-state index in [0.29, 0.717) is 49.4 Å². The summed E-state index contributed by atoms with van der Waals surface area (Å²) in [5.41, 5.74) is -1.87. The van der Waals surface area contributed by atoms with Gasteiger partial charge >= 0.3 is 35.8 Å². The maximum absolute atomic E-state index is 12.9. The Labute approximate surface area is 408 Å². The van der Waals surface area contributed by atoms with E-state index < -0.39 is 22.8 Å². The molecular formula is C55H90O13. The van der Waals surface area contributed by atoms with Crippen molar-refractivity contribution in [2.24, 2.45) is 34.5 Å². The largest absolute Gasteiger partial charge is 0.465 e. The normalized spacial score (nSPS) is 18.0. The van der Waals surface area contributed by atoms with Gasteiger partial charge in [-0.2, -0.15) is 0 Å². The van der Waals surface area contributed by atoms with Gasteiger partial charge < -0.3 is 28.4 Å². The lowest BCUT2D eigenvalue weighted by Gasteiger charge is -2.28. The van der Waals surface area contributed by atoms with Gasteiger partial charge in [0.15, 0.2) is 0 Å². The number of ketones is 1. The second-order valence-corrected chi connectivity index (χ2v) is 22.0. The molecule has 4 rings (SSSR count). The molecule has 0 aromatic rings. The van der Waals surface area contributed by atoms with Crippen molar-refractivity contribution in [2.75, 3.05) is 39.6 Å². The molecule has 0 radical (unpaired) electrons. The molecule has 0 spiro atoms. The fourth-order valence-corrected chi connectivity index (χ4v) is 10.4. The quantitative estimate of drug-likeness (QED) is 0.0460. The average Bonchev–Trinajstić information content (AvgIpc) is 3.36. The zero-order valence-corrected chi connectivity index (χ0v) is 42.4. The molecule has 4 aliphatic carbocycles. The van der Waals surface area contributed by atoms with E-state index in [1.165, 1.54) is 77.0 Å². The highest BCUT2D eigenvalue weighted by molar-refractivity contribution is 5.80. The molecule has 0 heterocycles. The predicted octanol–water partition coefficient (Wildman–Crippen LogP) is 11.6. The minimum Gasteiger partial charge on any atom is -0.465 e. The summed E-state index contributed by atoms with van der Waals surface area (Å²) >= 11 is 0. The second kappa shape index (κ2) is 32.4. The molecule has 4 fully saturated rings. The molecular weight excluding hydrogens is 869 g/mol. The molecule has 0 aliphatic heterocycles. The van der Waals surface area contributed by atoms with Crippen LogP contribution in [0, 0.1) is 34.5 Å². The highest BCUT2D eigenvalue weighted by Crippen LogP contribution is 2.31. The summed E-state index contributed by atoms with van der Waals surface area (Å²) in [6, 6.07) is 0. The average molecular weight is 959 g/mol. The summed E-state index contributed by atoms with van der Waals surface area (Å²) in [6.07, 6.45) is 29.0. The van der Waals surface area contributed by atoms with Crippen LogP contribution in [0.25, 0.3) is 0 Å². The Kier molecular flexibility index (Phi) is 27.2. The molecule has 68 heavy (non-hydrogen) atoms. The van der Waals surface area contributed by atoms with Crippen molar-refractivity contribution in [3.63, 3.8) is 0 Å². The molecule has 13 heteroatoms. The topological polar surface area (TPSA) is 175 Å². The maximum Gasteiger partial charge on any atom is 0.305 e. The highest BCUT2D eigenvalue weighted by Gasteiger charge is 2.33. The van der Waals surface area contributed by atoms with E-state index in [1.54, 1.807) is 13.8 Å². The molecule has 0 saturated heterocycles. The standard InChI is InChI=1S/C55H90O13/c1-54(39-65-50(59)33-29-43-17-7-3-8-18-43,40-66-51(60)34-30-44-19-9-4-10-20-44)37-63-48(57)27-15-25-47(56)26-16-28-49(58)64-38-55(2,41-67-52(61)35-31-45-21-11-5-12-22-45)42-68-53(62)36-32-46-23-13-6-14-24-46/h43-46H,3-42H2,1-2H3. The van der Waals surface area contributed by atoms with Crippen molar-refractivity contribution in [3.8, 4) is 0 Å². The van der Waals surface area contributed by atoms with Crippen molar-refractivity contribution in [1.29, 1.82) is 0 Å². The zero-order valence-electron chi connectivity index (χ0n) is 42.4. The van der Waals surface area contributed by atoms with E-state index in [1.807, 2.05) is 0 Å². The molecule has 13 nitrogen and oxygen atoms in total. The molecule has 0 amide bonds.